The molecule has 152 valence electrons. The van der Waals surface area contributed by atoms with Crippen molar-refractivity contribution in [3.63, 3.8) is 0 Å². The second-order valence-electron chi connectivity index (χ2n) is 7.50. The third-order valence-electron chi connectivity index (χ3n) is 5.40. The van der Waals surface area contributed by atoms with E-state index < -0.39 is 0 Å². The third kappa shape index (κ3) is 4.32. The van der Waals surface area contributed by atoms with Crippen molar-refractivity contribution >= 4 is 11.6 Å². The predicted molar refractivity (Wildman–Crippen MR) is 116 cm³/mol. The highest BCUT2D eigenvalue weighted by molar-refractivity contribution is 5.94. The molecule has 3 aromatic rings. The summed E-state index contributed by atoms with van der Waals surface area (Å²) in [6, 6.07) is 17.3. The maximum atomic E-state index is 13.0. The predicted octanol–water partition coefficient (Wildman–Crippen LogP) is 3.25. The fourth-order valence-electron chi connectivity index (χ4n) is 3.26. The smallest absolute Gasteiger partial charge is 0.295 e. The van der Waals surface area contributed by atoms with E-state index in [0.29, 0.717) is 17.9 Å². The lowest BCUT2D eigenvalue weighted by Gasteiger charge is -2.23. The largest absolute Gasteiger partial charge is 0.319 e. The molecule has 1 atom stereocenters. The standard InChI is InChI=1S/C23H28N4O2/c1-16-11-13-19(14-12-16)15-25(4)18(3)22(28)24-21-17(2)26(5)27(23(21)29)20-9-7-6-8-10-20/h6-14,18H,15H2,1-5H3,(H,24,28)/t18-/m1/s1. The summed E-state index contributed by atoms with van der Waals surface area (Å²) in [7, 11) is 3.72. The molecule has 0 aliphatic carbocycles. The van der Waals surface area contributed by atoms with E-state index in [1.165, 1.54) is 5.56 Å². The van der Waals surface area contributed by atoms with Gasteiger partial charge in [0.05, 0.1) is 17.4 Å². The minimum absolute atomic E-state index is 0.203. The lowest BCUT2D eigenvalue weighted by atomic mass is 10.1. The zero-order valence-electron chi connectivity index (χ0n) is 17.6. The summed E-state index contributed by atoms with van der Waals surface area (Å²) in [5, 5.41) is 2.85. The number of likely N-dealkylation sites (N-methyl/N-ethyl adjacent to an activating group) is 1. The van der Waals surface area contributed by atoms with Crippen molar-refractivity contribution in [2.45, 2.75) is 33.4 Å². The molecule has 0 bridgehead atoms. The summed E-state index contributed by atoms with van der Waals surface area (Å²) in [6.07, 6.45) is 0. The van der Waals surface area contributed by atoms with E-state index in [2.05, 4.69) is 29.6 Å². The Morgan fingerprint density at radius 3 is 2.31 bits per heavy atom. The van der Waals surface area contributed by atoms with E-state index in [1.54, 1.807) is 9.36 Å². The van der Waals surface area contributed by atoms with Crippen molar-refractivity contribution in [3.8, 4) is 5.69 Å². The lowest BCUT2D eigenvalue weighted by Crippen LogP contribution is -2.40. The summed E-state index contributed by atoms with van der Waals surface area (Å²) < 4.78 is 3.32. The molecule has 0 saturated carbocycles. The molecular formula is C23H28N4O2. The average Bonchev–Trinajstić information content (AvgIpc) is 2.92. The Balaban J connectivity index is 1.78. The van der Waals surface area contributed by atoms with Crippen LogP contribution in [0.15, 0.2) is 59.4 Å². The van der Waals surface area contributed by atoms with Gasteiger partial charge in [-0.3, -0.25) is 19.2 Å². The monoisotopic (exact) mass is 392 g/mol. The number of benzene rings is 2. The van der Waals surface area contributed by atoms with E-state index in [0.717, 1.165) is 11.3 Å². The van der Waals surface area contributed by atoms with Gasteiger partial charge >= 0.3 is 0 Å². The zero-order chi connectivity index (χ0) is 21.1. The molecule has 0 unspecified atom stereocenters. The summed E-state index contributed by atoms with van der Waals surface area (Å²) in [5.41, 5.74) is 3.89. The Hall–Kier alpha value is -3.12. The molecule has 1 amide bonds. The molecule has 29 heavy (non-hydrogen) atoms. The van der Waals surface area contributed by atoms with E-state index in [9.17, 15) is 9.59 Å². The van der Waals surface area contributed by atoms with Gasteiger partial charge in [0.1, 0.15) is 5.69 Å². The number of hydrogen-bond donors (Lipinski definition) is 1. The molecule has 0 aliphatic rings. The second kappa shape index (κ2) is 8.49. The van der Waals surface area contributed by atoms with Crippen molar-refractivity contribution in [2.24, 2.45) is 7.05 Å². The van der Waals surface area contributed by atoms with Crippen LogP contribution in [0.25, 0.3) is 5.69 Å². The van der Waals surface area contributed by atoms with Crippen LogP contribution in [0.1, 0.15) is 23.7 Å². The van der Waals surface area contributed by atoms with Crippen molar-refractivity contribution in [2.75, 3.05) is 12.4 Å². The van der Waals surface area contributed by atoms with Gasteiger partial charge in [-0.05, 0) is 45.5 Å². The molecule has 1 heterocycles. The number of carbonyl (C=O) groups excluding carboxylic acids is 1. The highest BCUT2D eigenvalue weighted by Crippen LogP contribution is 2.15. The van der Waals surface area contributed by atoms with E-state index in [4.69, 9.17) is 0 Å². The lowest BCUT2D eigenvalue weighted by molar-refractivity contribution is -0.120. The molecule has 3 rings (SSSR count). The van der Waals surface area contributed by atoms with Crippen LogP contribution in [0, 0.1) is 13.8 Å². The fourth-order valence-corrected chi connectivity index (χ4v) is 3.26. The summed E-state index contributed by atoms with van der Waals surface area (Å²) in [5.74, 6) is -0.203. The number of anilines is 1. The van der Waals surface area contributed by atoms with Crippen molar-refractivity contribution in [3.05, 3.63) is 81.8 Å². The van der Waals surface area contributed by atoms with Crippen molar-refractivity contribution < 1.29 is 4.79 Å². The number of amides is 1. The number of aryl methyl sites for hydroxylation is 1. The highest BCUT2D eigenvalue weighted by Gasteiger charge is 2.23. The second-order valence-corrected chi connectivity index (χ2v) is 7.50. The van der Waals surface area contributed by atoms with Crippen LogP contribution in [-0.2, 0) is 18.4 Å². The molecule has 0 spiro atoms. The van der Waals surface area contributed by atoms with Crippen LogP contribution in [0.2, 0.25) is 0 Å². The molecule has 0 fully saturated rings. The Labute approximate surface area is 171 Å². The molecule has 6 nitrogen and oxygen atoms in total. The molecule has 6 heteroatoms. The Morgan fingerprint density at radius 2 is 1.69 bits per heavy atom. The maximum Gasteiger partial charge on any atom is 0.295 e. The minimum Gasteiger partial charge on any atom is -0.319 e. The van der Waals surface area contributed by atoms with E-state index in [-0.39, 0.29) is 17.5 Å². The van der Waals surface area contributed by atoms with Crippen LogP contribution >= 0.6 is 0 Å². The molecule has 1 N–H and O–H groups in total. The number of hydrogen-bond acceptors (Lipinski definition) is 3. The normalized spacial score (nSPS) is 12.2. The molecule has 2 aromatic carbocycles. The summed E-state index contributed by atoms with van der Waals surface area (Å²) in [6.45, 7) is 6.37. The van der Waals surface area contributed by atoms with Crippen LogP contribution in [-0.4, -0.2) is 33.3 Å². The van der Waals surface area contributed by atoms with Gasteiger partial charge in [0.2, 0.25) is 5.91 Å². The number of para-hydroxylation sites is 1. The topological polar surface area (TPSA) is 59.3 Å². The Morgan fingerprint density at radius 1 is 1.07 bits per heavy atom. The van der Waals surface area contributed by atoms with Gasteiger partial charge in [-0.1, -0.05) is 48.0 Å². The number of nitrogens with one attached hydrogen (secondary N) is 1. The molecule has 0 aliphatic heterocycles. The van der Waals surface area contributed by atoms with Crippen LogP contribution in [0.4, 0.5) is 5.69 Å². The minimum atomic E-state index is -0.388. The maximum absolute atomic E-state index is 13.0. The average molecular weight is 393 g/mol. The molecule has 1 aromatic heterocycles. The zero-order valence-corrected chi connectivity index (χ0v) is 17.6. The van der Waals surface area contributed by atoms with Crippen molar-refractivity contribution in [1.29, 1.82) is 0 Å². The van der Waals surface area contributed by atoms with E-state index >= 15 is 0 Å². The number of aromatic nitrogens is 2. The van der Waals surface area contributed by atoms with Gasteiger partial charge in [0, 0.05) is 13.6 Å². The Bertz CT molecular complexity index is 1050. The van der Waals surface area contributed by atoms with Crippen LogP contribution in [0.3, 0.4) is 0 Å². The van der Waals surface area contributed by atoms with E-state index in [1.807, 2.05) is 70.1 Å². The summed E-state index contributed by atoms with van der Waals surface area (Å²) in [4.78, 5) is 27.8. The number of carbonyl (C=O) groups is 1. The number of rotatable bonds is 6. The van der Waals surface area contributed by atoms with Gasteiger partial charge in [0.25, 0.3) is 5.56 Å². The first-order chi connectivity index (χ1) is 13.8. The van der Waals surface area contributed by atoms with Crippen LogP contribution < -0.4 is 10.9 Å². The summed E-state index contributed by atoms with van der Waals surface area (Å²) >= 11 is 0. The highest BCUT2D eigenvalue weighted by atomic mass is 16.2. The third-order valence-corrected chi connectivity index (χ3v) is 5.40. The van der Waals surface area contributed by atoms with Gasteiger partial charge in [0.15, 0.2) is 0 Å². The SMILES string of the molecule is Cc1ccc(CN(C)[C@H](C)C(=O)Nc2c(C)n(C)n(-c3ccccc3)c2=O)cc1. The fraction of sp³-hybridized carbons (Fsp3) is 0.304. The van der Waals surface area contributed by atoms with Gasteiger partial charge in [-0.25, -0.2) is 4.68 Å². The quantitative estimate of drug-likeness (QED) is 0.701. The number of nitrogens with zero attached hydrogens (tertiary/aromatic N) is 3. The van der Waals surface area contributed by atoms with Gasteiger partial charge < -0.3 is 5.32 Å². The first kappa shape index (κ1) is 20.6. The molecule has 0 radical (unpaired) electrons. The first-order valence-corrected chi connectivity index (χ1v) is 9.70. The molecule has 0 saturated heterocycles. The Kier molecular flexibility index (Phi) is 6.03. The van der Waals surface area contributed by atoms with Gasteiger partial charge in [-0.15, -0.1) is 0 Å². The molecular weight excluding hydrogens is 364 g/mol. The van der Waals surface area contributed by atoms with Crippen molar-refractivity contribution in [1.82, 2.24) is 14.3 Å². The van der Waals surface area contributed by atoms with Gasteiger partial charge in [-0.2, -0.15) is 0 Å². The van der Waals surface area contributed by atoms with Crippen LogP contribution in [0.5, 0.6) is 0 Å². The first-order valence-electron chi connectivity index (χ1n) is 9.70.